The fraction of sp³-hybridized carbons (Fsp3) is 0.121. The van der Waals surface area contributed by atoms with Crippen LogP contribution in [-0.4, -0.2) is 15.9 Å². The van der Waals surface area contributed by atoms with Crippen LogP contribution in [0.25, 0.3) is 11.1 Å². The van der Waals surface area contributed by atoms with Crippen molar-refractivity contribution in [2.45, 2.75) is 26.6 Å². The second kappa shape index (κ2) is 13.2. The molecule has 0 bridgehead atoms. The maximum absolute atomic E-state index is 11.9. The minimum Gasteiger partial charge on any atom is -0.370 e. The van der Waals surface area contributed by atoms with Crippen molar-refractivity contribution in [2.75, 3.05) is 16.0 Å². The zero-order chi connectivity index (χ0) is 27.6. The molecule has 40 heavy (non-hydrogen) atoms. The summed E-state index contributed by atoms with van der Waals surface area (Å²) in [5.74, 6) is 1.07. The van der Waals surface area contributed by atoms with Crippen LogP contribution in [0.5, 0.6) is 0 Å². The number of nitrogens with zero attached hydrogens (tertiary/aromatic N) is 2. The average molecular weight is 530 g/mol. The van der Waals surface area contributed by atoms with Gasteiger partial charge in [0.1, 0.15) is 5.82 Å². The van der Waals surface area contributed by atoms with E-state index < -0.39 is 0 Å². The Bertz CT molecular complexity index is 1530. The highest BCUT2D eigenvalue weighted by Gasteiger charge is 2.18. The number of amides is 1. The number of para-hydroxylation sites is 2. The number of ether oxygens (including phenoxy) is 1. The summed E-state index contributed by atoms with van der Waals surface area (Å²) >= 11 is 0. The third-order valence-electron chi connectivity index (χ3n) is 6.18. The van der Waals surface area contributed by atoms with Gasteiger partial charge in [-0.25, -0.2) is 4.98 Å². The molecule has 0 unspecified atom stereocenters. The van der Waals surface area contributed by atoms with Gasteiger partial charge in [0.15, 0.2) is 0 Å². The first-order valence-corrected chi connectivity index (χ1v) is 13.2. The molecule has 5 aromatic rings. The molecule has 7 heteroatoms. The van der Waals surface area contributed by atoms with Crippen molar-refractivity contribution in [3.05, 3.63) is 127 Å². The monoisotopic (exact) mass is 529 g/mol. The smallest absolute Gasteiger partial charge is 0.229 e. The molecule has 0 aliphatic rings. The van der Waals surface area contributed by atoms with E-state index in [2.05, 4.69) is 16.0 Å². The molecule has 0 saturated heterocycles. The molecule has 1 amide bonds. The molecule has 4 aromatic carbocycles. The van der Waals surface area contributed by atoms with Crippen molar-refractivity contribution >= 4 is 34.7 Å². The molecule has 1 heterocycles. The van der Waals surface area contributed by atoms with E-state index in [1.165, 1.54) is 0 Å². The van der Waals surface area contributed by atoms with Crippen molar-refractivity contribution in [3.8, 4) is 11.1 Å². The van der Waals surface area contributed by atoms with Crippen LogP contribution in [-0.2, 0) is 22.7 Å². The minimum absolute atomic E-state index is 0.0335. The van der Waals surface area contributed by atoms with Gasteiger partial charge in [0.25, 0.3) is 0 Å². The van der Waals surface area contributed by atoms with E-state index in [-0.39, 0.29) is 12.5 Å². The summed E-state index contributed by atoms with van der Waals surface area (Å²) < 4.78 is 6.17. The SMILES string of the molecule is CCC(=O)Nc1ccc(-c2c(COCc3ccccc3)nc(Nc3ccccc3)nc2Nc2ccccc2)cc1. The molecule has 5 rings (SSSR count). The van der Waals surface area contributed by atoms with E-state index >= 15 is 0 Å². The average Bonchev–Trinajstić information content (AvgIpc) is 2.99. The van der Waals surface area contributed by atoms with Crippen molar-refractivity contribution in [2.24, 2.45) is 0 Å². The van der Waals surface area contributed by atoms with Crippen LogP contribution in [0.15, 0.2) is 115 Å². The number of aromatic nitrogens is 2. The Morgan fingerprint density at radius 1 is 0.675 bits per heavy atom. The summed E-state index contributed by atoms with van der Waals surface area (Å²) in [6, 6.07) is 37.5. The van der Waals surface area contributed by atoms with Crippen LogP contribution in [0.2, 0.25) is 0 Å². The summed E-state index contributed by atoms with van der Waals surface area (Å²) in [6.45, 7) is 2.55. The highest BCUT2D eigenvalue weighted by molar-refractivity contribution is 5.91. The lowest BCUT2D eigenvalue weighted by Crippen LogP contribution is -2.10. The summed E-state index contributed by atoms with van der Waals surface area (Å²) in [4.78, 5) is 21.7. The van der Waals surface area contributed by atoms with Gasteiger partial charge in [0, 0.05) is 29.0 Å². The van der Waals surface area contributed by atoms with Gasteiger partial charge >= 0.3 is 0 Å². The first-order valence-electron chi connectivity index (χ1n) is 13.2. The van der Waals surface area contributed by atoms with E-state index in [9.17, 15) is 4.79 Å². The van der Waals surface area contributed by atoms with Crippen LogP contribution >= 0.6 is 0 Å². The van der Waals surface area contributed by atoms with Gasteiger partial charge in [-0.1, -0.05) is 85.8 Å². The van der Waals surface area contributed by atoms with Crippen molar-refractivity contribution in [1.29, 1.82) is 0 Å². The summed E-state index contributed by atoms with van der Waals surface area (Å²) in [5.41, 5.74) is 6.05. The van der Waals surface area contributed by atoms with Crippen molar-refractivity contribution in [3.63, 3.8) is 0 Å². The van der Waals surface area contributed by atoms with Crippen LogP contribution in [0.4, 0.5) is 28.8 Å². The van der Waals surface area contributed by atoms with Crippen molar-refractivity contribution in [1.82, 2.24) is 9.97 Å². The lowest BCUT2D eigenvalue weighted by atomic mass is 10.0. The number of rotatable bonds is 11. The predicted molar refractivity (Wildman–Crippen MR) is 161 cm³/mol. The first kappa shape index (κ1) is 26.6. The number of carbonyl (C=O) groups is 1. The second-order valence-corrected chi connectivity index (χ2v) is 9.16. The van der Waals surface area contributed by atoms with Gasteiger partial charge in [-0.05, 0) is 47.5 Å². The predicted octanol–water partition coefficient (Wildman–Crippen LogP) is 7.70. The van der Waals surface area contributed by atoms with Gasteiger partial charge in [0.2, 0.25) is 11.9 Å². The third-order valence-corrected chi connectivity index (χ3v) is 6.18. The molecule has 0 atom stereocenters. The molecule has 0 aliphatic heterocycles. The Hall–Kier alpha value is -5.01. The van der Waals surface area contributed by atoms with Gasteiger partial charge in [-0.2, -0.15) is 4.98 Å². The molecular weight excluding hydrogens is 498 g/mol. The highest BCUT2D eigenvalue weighted by Crippen LogP contribution is 2.34. The maximum atomic E-state index is 11.9. The van der Waals surface area contributed by atoms with E-state index in [1.807, 2.05) is 122 Å². The number of benzene rings is 4. The Morgan fingerprint density at radius 2 is 1.27 bits per heavy atom. The summed E-state index contributed by atoms with van der Waals surface area (Å²) in [5, 5.41) is 9.72. The lowest BCUT2D eigenvalue weighted by Gasteiger charge is -2.18. The van der Waals surface area contributed by atoms with Gasteiger partial charge < -0.3 is 20.7 Å². The highest BCUT2D eigenvalue weighted by atomic mass is 16.5. The van der Waals surface area contributed by atoms with Crippen molar-refractivity contribution < 1.29 is 9.53 Å². The molecule has 0 fully saturated rings. The zero-order valence-electron chi connectivity index (χ0n) is 22.3. The van der Waals surface area contributed by atoms with Crippen LogP contribution in [0, 0.1) is 0 Å². The van der Waals surface area contributed by atoms with Crippen LogP contribution < -0.4 is 16.0 Å². The molecule has 1 aromatic heterocycles. The molecule has 0 aliphatic carbocycles. The van der Waals surface area contributed by atoms with E-state index in [0.717, 1.165) is 39.4 Å². The Morgan fingerprint density at radius 3 is 1.90 bits per heavy atom. The van der Waals surface area contributed by atoms with Crippen LogP contribution in [0.1, 0.15) is 24.6 Å². The van der Waals surface area contributed by atoms with Gasteiger partial charge in [-0.15, -0.1) is 0 Å². The van der Waals surface area contributed by atoms with Gasteiger partial charge in [0.05, 0.1) is 18.9 Å². The van der Waals surface area contributed by atoms with E-state index in [1.54, 1.807) is 0 Å². The normalized spacial score (nSPS) is 10.6. The summed E-state index contributed by atoms with van der Waals surface area (Å²) in [7, 11) is 0. The third kappa shape index (κ3) is 7.09. The Balaban J connectivity index is 1.55. The standard InChI is InChI=1S/C33H31N5O2/c1-2-30(39)34-28-20-18-25(19-21-28)31-29(23-40-22-24-12-6-3-7-13-24)37-33(36-27-16-10-5-11-17-27)38-32(31)35-26-14-8-4-9-15-26/h3-21H,2,22-23H2,1H3,(H,34,39)(H2,35,36,37,38). The molecule has 200 valence electrons. The quantitative estimate of drug-likeness (QED) is 0.163. The second-order valence-electron chi connectivity index (χ2n) is 9.16. The number of hydrogen-bond acceptors (Lipinski definition) is 6. The molecule has 0 saturated carbocycles. The maximum Gasteiger partial charge on any atom is 0.229 e. The number of hydrogen-bond donors (Lipinski definition) is 3. The Kier molecular flexibility index (Phi) is 8.76. The zero-order valence-corrected chi connectivity index (χ0v) is 22.3. The van der Waals surface area contributed by atoms with E-state index in [4.69, 9.17) is 14.7 Å². The van der Waals surface area contributed by atoms with E-state index in [0.29, 0.717) is 24.8 Å². The number of nitrogens with one attached hydrogen (secondary N) is 3. The fourth-order valence-corrected chi connectivity index (χ4v) is 4.18. The minimum atomic E-state index is -0.0335. The largest absolute Gasteiger partial charge is 0.370 e. The lowest BCUT2D eigenvalue weighted by molar-refractivity contribution is -0.115. The topological polar surface area (TPSA) is 88.2 Å². The molecular formula is C33H31N5O2. The number of anilines is 5. The molecule has 3 N–H and O–H groups in total. The molecule has 7 nitrogen and oxygen atoms in total. The molecule has 0 radical (unpaired) electrons. The Labute approximate surface area is 234 Å². The van der Waals surface area contributed by atoms with Crippen LogP contribution in [0.3, 0.4) is 0 Å². The first-order chi connectivity index (χ1) is 19.7. The fourth-order valence-electron chi connectivity index (χ4n) is 4.18. The number of carbonyl (C=O) groups excluding carboxylic acids is 1. The summed E-state index contributed by atoms with van der Waals surface area (Å²) in [6.07, 6.45) is 0.416. The molecule has 0 spiro atoms. The van der Waals surface area contributed by atoms with Gasteiger partial charge in [-0.3, -0.25) is 4.79 Å².